The molecule has 0 saturated heterocycles. The summed E-state index contributed by atoms with van der Waals surface area (Å²) >= 11 is 0. The van der Waals surface area contributed by atoms with E-state index in [-0.39, 0.29) is 12.5 Å². The van der Waals surface area contributed by atoms with Crippen LogP contribution in [0.15, 0.2) is 0 Å². The number of carbonyl (C=O) groups excluding carboxylic acids is 1. The molecule has 1 atom stereocenters. The second kappa shape index (κ2) is 7.73. The number of ether oxygens (including phenoxy) is 1. The van der Waals surface area contributed by atoms with Gasteiger partial charge in [0, 0.05) is 20.2 Å². The van der Waals surface area contributed by atoms with Crippen LogP contribution in [-0.2, 0) is 9.53 Å². The molecule has 0 spiro atoms. The molecule has 0 aromatic carbocycles. The smallest absolute Gasteiger partial charge is 0.239 e. The van der Waals surface area contributed by atoms with Gasteiger partial charge in [-0.3, -0.25) is 4.79 Å². The zero-order valence-corrected chi connectivity index (χ0v) is 8.90. The van der Waals surface area contributed by atoms with Gasteiger partial charge in [0.1, 0.15) is 0 Å². The van der Waals surface area contributed by atoms with Gasteiger partial charge in [-0.2, -0.15) is 0 Å². The maximum atomic E-state index is 11.6. The Bertz CT molecular complexity index is 164. The highest BCUT2D eigenvalue weighted by Gasteiger charge is 2.18. The van der Waals surface area contributed by atoms with Crippen molar-refractivity contribution in [3.63, 3.8) is 0 Å². The third kappa shape index (κ3) is 4.55. The Hall–Kier alpha value is -0.650. The highest BCUT2D eigenvalue weighted by molar-refractivity contribution is 5.81. The van der Waals surface area contributed by atoms with Crippen molar-refractivity contribution >= 4 is 5.91 Å². The summed E-state index contributed by atoms with van der Waals surface area (Å²) in [5, 5.41) is 8.76. The first-order valence-electron chi connectivity index (χ1n) is 4.81. The summed E-state index contributed by atoms with van der Waals surface area (Å²) in [7, 11) is 1.57. The van der Waals surface area contributed by atoms with Gasteiger partial charge in [0.25, 0.3) is 0 Å². The van der Waals surface area contributed by atoms with E-state index < -0.39 is 6.04 Å². The summed E-state index contributed by atoms with van der Waals surface area (Å²) in [6.07, 6.45) is 0.605. The Kier molecular flexibility index (Phi) is 7.37. The number of hydrogen-bond donors (Lipinski definition) is 2. The van der Waals surface area contributed by atoms with Gasteiger partial charge in [0.2, 0.25) is 5.91 Å². The monoisotopic (exact) mass is 204 g/mol. The van der Waals surface area contributed by atoms with Crippen molar-refractivity contribution < 1.29 is 14.6 Å². The largest absolute Gasteiger partial charge is 0.395 e. The van der Waals surface area contributed by atoms with Crippen LogP contribution in [0.1, 0.15) is 13.3 Å². The Morgan fingerprint density at radius 2 is 2.21 bits per heavy atom. The predicted molar refractivity (Wildman–Crippen MR) is 53.8 cm³/mol. The van der Waals surface area contributed by atoms with Gasteiger partial charge in [0.15, 0.2) is 0 Å². The molecule has 0 aliphatic heterocycles. The Morgan fingerprint density at radius 1 is 1.57 bits per heavy atom. The molecule has 0 aliphatic carbocycles. The molecule has 0 aliphatic rings. The molecule has 0 fully saturated rings. The minimum absolute atomic E-state index is 0.0497. The minimum Gasteiger partial charge on any atom is -0.395 e. The zero-order valence-electron chi connectivity index (χ0n) is 8.90. The molecule has 0 bridgehead atoms. The van der Waals surface area contributed by atoms with Gasteiger partial charge < -0.3 is 20.5 Å². The maximum absolute atomic E-state index is 11.6. The van der Waals surface area contributed by atoms with Gasteiger partial charge in [0.05, 0.1) is 19.3 Å². The van der Waals surface area contributed by atoms with Crippen molar-refractivity contribution in [3.05, 3.63) is 0 Å². The topological polar surface area (TPSA) is 75.8 Å². The number of aliphatic hydroxyl groups is 1. The van der Waals surface area contributed by atoms with E-state index in [1.807, 2.05) is 6.92 Å². The first kappa shape index (κ1) is 13.4. The number of nitrogens with zero attached hydrogens (tertiary/aromatic N) is 1. The van der Waals surface area contributed by atoms with E-state index in [0.717, 1.165) is 0 Å². The quantitative estimate of drug-likeness (QED) is 0.569. The van der Waals surface area contributed by atoms with Gasteiger partial charge in [-0.25, -0.2) is 0 Å². The van der Waals surface area contributed by atoms with E-state index in [4.69, 9.17) is 15.6 Å². The lowest BCUT2D eigenvalue weighted by molar-refractivity contribution is -0.133. The third-order valence-electron chi connectivity index (χ3n) is 2.00. The molecule has 0 unspecified atom stereocenters. The molecule has 0 aromatic rings. The van der Waals surface area contributed by atoms with E-state index in [9.17, 15) is 4.79 Å². The van der Waals surface area contributed by atoms with Gasteiger partial charge in [-0.05, 0) is 6.42 Å². The summed E-state index contributed by atoms with van der Waals surface area (Å²) < 4.78 is 4.87. The minimum atomic E-state index is -0.474. The normalized spacial score (nSPS) is 12.6. The van der Waals surface area contributed by atoms with Crippen LogP contribution < -0.4 is 5.73 Å². The van der Waals surface area contributed by atoms with E-state index in [2.05, 4.69) is 0 Å². The van der Waals surface area contributed by atoms with Crippen molar-refractivity contribution in [1.82, 2.24) is 4.90 Å². The molecular weight excluding hydrogens is 184 g/mol. The molecule has 5 heteroatoms. The molecule has 0 saturated carbocycles. The molecule has 0 heterocycles. The van der Waals surface area contributed by atoms with Crippen molar-refractivity contribution in [2.24, 2.45) is 5.73 Å². The summed E-state index contributed by atoms with van der Waals surface area (Å²) in [6.45, 7) is 3.06. The highest BCUT2D eigenvalue weighted by atomic mass is 16.5. The summed E-state index contributed by atoms with van der Waals surface area (Å²) in [5.74, 6) is -0.126. The molecule has 84 valence electrons. The van der Waals surface area contributed by atoms with Gasteiger partial charge in [-0.15, -0.1) is 0 Å². The van der Waals surface area contributed by atoms with Crippen LogP contribution in [-0.4, -0.2) is 55.4 Å². The highest BCUT2D eigenvalue weighted by Crippen LogP contribution is 1.96. The number of carbonyl (C=O) groups is 1. The number of methoxy groups -OCH3 is 1. The molecule has 0 aromatic heterocycles. The van der Waals surface area contributed by atoms with Crippen molar-refractivity contribution in [3.8, 4) is 0 Å². The molecule has 5 nitrogen and oxygen atoms in total. The standard InChI is InChI=1S/C9H20N2O3/c1-3-8(10)9(13)11(4-6-12)5-7-14-2/h8,12H,3-7,10H2,1-2H3/t8-/m1/s1. The van der Waals surface area contributed by atoms with Crippen molar-refractivity contribution in [2.45, 2.75) is 19.4 Å². The second-order valence-electron chi connectivity index (χ2n) is 3.06. The number of aliphatic hydroxyl groups excluding tert-OH is 1. The van der Waals surface area contributed by atoms with Gasteiger partial charge >= 0.3 is 0 Å². The predicted octanol–water partition coefficient (Wildman–Crippen LogP) is -0.809. The van der Waals surface area contributed by atoms with Crippen LogP contribution in [0.3, 0.4) is 0 Å². The summed E-state index contributed by atoms with van der Waals surface area (Å²) in [6, 6.07) is -0.474. The number of rotatable bonds is 7. The van der Waals surface area contributed by atoms with Crippen LogP contribution in [0.5, 0.6) is 0 Å². The van der Waals surface area contributed by atoms with E-state index >= 15 is 0 Å². The fraction of sp³-hybridized carbons (Fsp3) is 0.889. The van der Waals surface area contributed by atoms with Crippen molar-refractivity contribution in [1.29, 1.82) is 0 Å². The van der Waals surface area contributed by atoms with E-state index in [1.54, 1.807) is 7.11 Å². The average molecular weight is 204 g/mol. The van der Waals surface area contributed by atoms with Crippen molar-refractivity contribution in [2.75, 3.05) is 33.4 Å². The second-order valence-corrected chi connectivity index (χ2v) is 3.06. The lowest BCUT2D eigenvalue weighted by Crippen LogP contribution is -2.45. The molecular formula is C9H20N2O3. The molecule has 1 amide bonds. The average Bonchev–Trinajstić information content (AvgIpc) is 2.22. The number of amides is 1. The van der Waals surface area contributed by atoms with Crippen LogP contribution in [0.4, 0.5) is 0 Å². The van der Waals surface area contributed by atoms with E-state index in [1.165, 1.54) is 4.90 Å². The molecule has 0 radical (unpaired) electrons. The number of hydrogen-bond acceptors (Lipinski definition) is 4. The Balaban J connectivity index is 4.10. The maximum Gasteiger partial charge on any atom is 0.239 e. The molecule has 3 N–H and O–H groups in total. The number of nitrogens with two attached hydrogens (primary N) is 1. The summed E-state index contributed by atoms with van der Waals surface area (Å²) in [5.41, 5.74) is 5.61. The lowest BCUT2D eigenvalue weighted by Gasteiger charge is -2.24. The molecule has 14 heavy (non-hydrogen) atoms. The first-order chi connectivity index (χ1) is 6.67. The fourth-order valence-corrected chi connectivity index (χ4v) is 1.06. The third-order valence-corrected chi connectivity index (χ3v) is 2.00. The Morgan fingerprint density at radius 3 is 2.64 bits per heavy atom. The van der Waals surface area contributed by atoms with Gasteiger partial charge in [-0.1, -0.05) is 6.92 Å². The van der Waals surface area contributed by atoms with Crippen LogP contribution in [0, 0.1) is 0 Å². The fourth-order valence-electron chi connectivity index (χ4n) is 1.06. The summed E-state index contributed by atoms with van der Waals surface area (Å²) in [4.78, 5) is 13.1. The first-order valence-corrected chi connectivity index (χ1v) is 4.81. The van der Waals surface area contributed by atoms with Crippen LogP contribution >= 0.6 is 0 Å². The lowest BCUT2D eigenvalue weighted by atomic mass is 10.2. The van der Waals surface area contributed by atoms with E-state index in [0.29, 0.717) is 26.1 Å². The zero-order chi connectivity index (χ0) is 11.0. The Labute approximate surface area is 84.8 Å². The molecule has 0 rings (SSSR count). The van der Waals surface area contributed by atoms with Crippen LogP contribution in [0.25, 0.3) is 0 Å². The van der Waals surface area contributed by atoms with Crippen LogP contribution in [0.2, 0.25) is 0 Å². The SMILES string of the molecule is CC[C@@H](N)C(=O)N(CCO)CCOC.